The highest BCUT2D eigenvalue weighted by Crippen LogP contribution is 2.31. The highest BCUT2D eigenvalue weighted by Gasteiger charge is 2.25. The van der Waals surface area contributed by atoms with Crippen LogP contribution < -0.4 is 0 Å². The fraction of sp³-hybridized carbons (Fsp3) is 0.0625. The van der Waals surface area contributed by atoms with Crippen LogP contribution in [0.1, 0.15) is 15.9 Å². The van der Waals surface area contributed by atoms with Gasteiger partial charge in [-0.2, -0.15) is 0 Å². The van der Waals surface area contributed by atoms with Crippen molar-refractivity contribution >= 4 is 42.8 Å². The van der Waals surface area contributed by atoms with E-state index in [2.05, 4.69) is 15.9 Å². The highest BCUT2D eigenvalue weighted by molar-refractivity contribution is 9.10. The number of hydrogen-bond acceptors (Lipinski definition) is 3. The van der Waals surface area contributed by atoms with Crippen LogP contribution in [0, 0.1) is 6.92 Å². The summed E-state index contributed by atoms with van der Waals surface area (Å²) in [6, 6.07) is 12.6. The number of para-hydroxylation sites is 1. The lowest BCUT2D eigenvalue weighted by molar-refractivity contribution is 0.0699. The second-order valence-electron chi connectivity index (χ2n) is 5.10. The Balaban J connectivity index is 2.37. The molecule has 0 bridgehead atoms. The van der Waals surface area contributed by atoms with E-state index in [4.69, 9.17) is 0 Å². The van der Waals surface area contributed by atoms with Crippen molar-refractivity contribution in [2.24, 2.45) is 0 Å². The van der Waals surface area contributed by atoms with E-state index in [-0.39, 0.29) is 20.6 Å². The molecule has 0 aliphatic rings. The predicted molar refractivity (Wildman–Crippen MR) is 90.4 cm³/mol. The number of carboxylic acids is 1. The van der Waals surface area contributed by atoms with E-state index in [1.807, 2.05) is 6.92 Å². The minimum Gasteiger partial charge on any atom is -0.478 e. The van der Waals surface area contributed by atoms with Crippen LogP contribution in [0.2, 0.25) is 0 Å². The quantitative estimate of drug-likeness (QED) is 0.736. The van der Waals surface area contributed by atoms with Gasteiger partial charge in [0.05, 0.1) is 16.0 Å². The fourth-order valence-electron chi connectivity index (χ4n) is 2.42. The number of aryl methyl sites for hydroxylation is 1. The van der Waals surface area contributed by atoms with Crippen LogP contribution in [0.15, 0.2) is 58.0 Å². The van der Waals surface area contributed by atoms with Gasteiger partial charge in [-0.3, -0.25) is 0 Å². The highest BCUT2D eigenvalue weighted by atomic mass is 79.9. The fourth-order valence-corrected chi connectivity index (χ4v) is 4.83. The van der Waals surface area contributed by atoms with Gasteiger partial charge in [0.15, 0.2) is 0 Å². The minimum atomic E-state index is -3.92. The van der Waals surface area contributed by atoms with E-state index in [9.17, 15) is 18.3 Å². The van der Waals surface area contributed by atoms with E-state index in [0.717, 1.165) is 9.54 Å². The first-order chi connectivity index (χ1) is 10.8. The van der Waals surface area contributed by atoms with Crippen molar-refractivity contribution in [2.75, 3.05) is 0 Å². The van der Waals surface area contributed by atoms with Crippen molar-refractivity contribution in [3.8, 4) is 0 Å². The first-order valence-electron chi connectivity index (χ1n) is 6.68. The van der Waals surface area contributed by atoms with Gasteiger partial charge in [-0.05, 0) is 47.1 Å². The maximum atomic E-state index is 13.0. The Kier molecular flexibility index (Phi) is 3.77. The summed E-state index contributed by atoms with van der Waals surface area (Å²) >= 11 is 3.23. The molecule has 0 atom stereocenters. The van der Waals surface area contributed by atoms with Crippen LogP contribution in [-0.2, 0) is 10.0 Å². The molecule has 5 nitrogen and oxygen atoms in total. The topological polar surface area (TPSA) is 76.4 Å². The number of carboxylic acid groups (broad SMARTS) is 1. The largest absolute Gasteiger partial charge is 0.478 e. The summed E-state index contributed by atoms with van der Waals surface area (Å²) in [7, 11) is -3.92. The van der Waals surface area contributed by atoms with Gasteiger partial charge in [-0.15, -0.1) is 0 Å². The number of aromatic nitrogens is 1. The third-order valence-corrected chi connectivity index (χ3v) is 6.07. The van der Waals surface area contributed by atoms with Crippen LogP contribution >= 0.6 is 15.9 Å². The van der Waals surface area contributed by atoms with Crippen molar-refractivity contribution in [3.63, 3.8) is 0 Å². The van der Waals surface area contributed by atoms with Gasteiger partial charge in [-0.1, -0.05) is 29.8 Å². The molecule has 1 aromatic heterocycles. The van der Waals surface area contributed by atoms with Crippen LogP contribution in [0.5, 0.6) is 0 Å². The molecule has 1 N–H and O–H groups in total. The zero-order chi connectivity index (χ0) is 16.8. The minimum absolute atomic E-state index is 0.0658. The van der Waals surface area contributed by atoms with Crippen LogP contribution in [0.3, 0.4) is 0 Å². The van der Waals surface area contributed by atoms with Gasteiger partial charge in [0.2, 0.25) is 0 Å². The lowest BCUT2D eigenvalue weighted by Crippen LogP contribution is -2.15. The standard InChI is InChI=1S/C16H12BrNO4S/c1-10-5-7-12(8-6-10)23(21,22)18-14(17)9-11-3-2-4-13(15(11)18)16(19)20/h2-9H,1H3,(H,19,20). The molecule has 0 aliphatic carbocycles. The van der Waals surface area contributed by atoms with Crippen molar-refractivity contribution in [2.45, 2.75) is 11.8 Å². The van der Waals surface area contributed by atoms with Gasteiger partial charge < -0.3 is 5.11 Å². The van der Waals surface area contributed by atoms with Crippen molar-refractivity contribution in [1.29, 1.82) is 0 Å². The maximum absolute atomic E-state index is 13.0. The summed E-state index contributed by atoms with van der Waals surface area (Å²) in [6.07, 6.45) is 0. The normalized spacial score (nSPS) is 11.7. The molecule has 0 spiro atoms. The maximum Gasteiger partial charge on any atom is 0.337 e. The SMILES string of the molecule is Cc1ccc(S(=O)(=O)n2c(Br)cc3cccc(C(=O)O)c32)cc1. The number of aromatic carboxylic acids is 1. The molecule has 0 saturated carbocycles. The molecule has 23 heavy (non-hydrogen) atoms. The second kappa shape index (κ2) is 5.50. The molecular weight excluding hydrogens is 382 g/mol. The van der Waals surface area contributed by atoms with Crippen LogP contribution in [0.25, 0.3) is 10.9 Å². The molecule has 0 radical (unpaired) electrons. The molecule has 3 rings (SSSR count). The van der Waals surface area contributed by atoms with Gasteiger partial charge in [0.1, 0.15) is 4.60 Å². The number of hydrogen-bond donors (Lipinski definition) is 1. The van der Waals surface area contributed by atoms with Gasteiger partial charge in [0, 0.05) is 5.39 Å². The van der Waals surface area contributed by atoms with Gasteiger partial charge in [-0.25, -0.2) is 17.2 Å². The van der Waals surface area contributed by atoms with E-state index in [0.29, 0.717) is 5.39 Å². The average Bonchev–Trinajstić information content (AvgIpc) is 2.83. The molecule has 1 heterocycles. The summed E-state index contributed by atoms with van der Waals surface area (Å²) in [4.78, 5) is 11.6. The summed E-state index contributed by atoms with van der Waals surface area (Å²) in [5.74, 6) is -1.18. The van der Waals surface area contributed by atoms with Crippen molar-refractivity contribution in [1.82, 2.24) is 3.97 Å². The summed E-state index contributed by atoms with van der Waals surface area (Å²) in [5.41, 5.74) is 1.02. The zero-order valence-corrected chi connectivity index (χ0v) is 14.4. The van der Waals surface area contributed by atoms with Gasteiger partial charge in [0.25, 0.3) is 10.0 Å². The van der Waals surface area contributed by atoms with Gasteiger partial charge >= 0.3 is 5.97 Å². The lowest BCUT2D eigenvalue weighted by atomic mass is 10.1. The Labute approximate surface area is 141 Å². The molecule has 0 fully saturated rings. The molecule has 3 aromatic rings. The van der Waals surface area contributed by atoms with E-state index < -0.39 is 16.0 Å². The molecule has 0 aliphatic heterocycles. The molecule has 2 aromatic carbocycles. The van der Waals surface area contributed by atoms with E-state index >= 15 is 0 Å². The Hall–Kier alpha value is -2.12. The monoisotopic (exact) mass is 393 g/mol. The summed E-state index contributed by atoms with van der Waals surface area (Å²) < 4.78 is 27.2. The lowest BCUT2D eigenvalue weighted by Gasteiger charge is -2.11. The number of carbonyl (C=O) groups is 1. The van der Waals surface area contributed by atoms with Crippen molar-refractivity contribution in [3.05, 3.63) is 64.3 Å². The van der Waals surface area contributed by atoms with E-state index in [1.54, 1.807) is 30.3 Å². The second-order valence-corrected chi connectivity index (χ2v) is 7.70. The van der Waals surface area contributed by atoms with Crippen LogP contribution in [0.4, 0.5) is 0 Å². The summed E-state index contributed by atoms with van der Waals surface area (Å²) in [5, 5.41) is 9.90. The first kappa shape index (κ1) is 15.8. The third-order valence-electron chi connectivity index (χ3n) is 3.53. The number of nitrogens with zero attached hydrogens (tertiary/aromatic N) is 1. The Morgan fingerprint density at radius 3 is 2.39 bits per heavy atom. The first-order valence-corrected chi connectivity index (χ1v) is 8.91. The summed E-state index contributed by atoms with van der Waals surface area (Å²) in [6.45, 7) is 1.86. The smallest absolute Gasteiger partial charge is 0.337 e. The Morgan fingerprint density at radius 2 is 1.78 bits per heavy atom. The molecule has 118 valence electrons. The zero-order valence-electron chi connectivity index (χ0n) is 12.0. The molecule has 0 unspecified atom stereocenters. The number of fused-ring (bicyclic) bond motifs is 1. The number of halogens is 1. The Bertz CT molecular complexity index is 1020. The van der Waals surface area contributed by atoms with Crippen molar-refractivity contribution < 1.29 is 18.3 Å². The third kappa shape index (κ3) is 2.55. The molecule has 7 heteroatoms. The molecule has 0 amide bonds. The Morgan fingerprint density at radius 1 is 1.13 bits per heavy atom. The predicted octanol–water partition coefficient (Wildman–Crippen LogP) is 3.65. The number of rotatable bonds is 3. The number of benzene rings is 2. The average molecular weight is 394 g/mol. The van der Waals surface area contributed by atoms with Crippen LogP contribution in [-0.4, -0.2) is 23.5 Å². The molecule has 0 saturated heterocycles. The molecular formula is C16H12BrNO4S. The van der Waals surface area contributed by atoms with E-state index in [1.165, 1.54) is 18.2 Å².